The molecule has 0 saturated carbocycles. The van der Waals surface area contributed by atoms with E-state index in [1.54, 1.807) is 6.92 Å². The molecule has 1 aliphatic heterocycles. The van der Waals surface area contributed by atoms with Gasteiger partial charge in [0.05, 0.1) is 6.10 Å². The van der Waals surface area contributed by atoms with Crippen LogP contribution < -0.4 is 5.32 Å². The highest BCUT2D eigenvalue weighted by Gasteiger charge is 2.14. The second kappa shape index (κ2) is 5.86. The molecule has 14 heavy (non-hydrogen) atoms. The molecule has 1 rings (SSSR count). The summed E-state index contributed by atoms with van der Waals surface area (Å²) in [5, 5.41) is 11.7. The zero-order chi connectivity index (χ0) is 10.4. The van der Waals surface area contributed by atoms with Crippen LogP contribution in [0.25, 0.3) is 0 Å². The van der Waals surface area contributed by atoms with E-state index in [4.69, 9.17) is 5.11 Å². The van der Waals surface area contributed by atoms with Crippen molar-refractivity contribution in [2.24, 2.45) is 0 Å². The third-order valence-electron chi connectivity index (χ3n) is 2.44. The molecule has 0 radical (unpaired) electrons. The maximum Gasteiger partial charge on any atom is 0.317 e. The molecule has 2 amide bonds. The van der Waals surface area contributed by atoms with Crippen LogP contribution in [-0.4, -0.2) is 41.8 Å². The minimum absolute atomic E-state index is 0.0344. The Bertz CT molecular complexity index is 175. The molecular formula is C10H20N2O2. The van der Waals surface area contributed by atoms with Gasteiger partial charge in [-0.15, -0.1) is 0 Å². The molecule has 0 aromatic rings. The summed E-state index contributed by atoms with van der Waals surface area (Å²) in [4.78, 5) is 13.4. The highest BCUT2D eigenvalue weighted by molar-refractivity contribution is 5.74. The first-order chi connectivity index (χ1) is 6.70. The molecule has 0 spiro atoms. The summed E-state index contributed by atoms with van der Waals surface area (Å²) in [6, 6.07) is -0.0344. The normalized spacial score (nSPS) is 20.0. The summed E-state index contributed by atoms with van der Waals surface area (Å²) >= 11 is 0. The Balaban J connectivity index is 2.27. The monoisotopic (exact) mass is 200 g/mol. The van der Waals surface area contributed by atoms with Crippen LogP contribution in [-0.2, 0) is 0 Å². The lowest BCUT2D eigenvalue weighted by Crippen LogP contribution is -2.42. The number of rotatable bonds is 2. The van der Waals surface area contributed by atoms with Crippen molar-refractivity contribution in [2.75, 3.05) is 19.6 Å². The average molecular weight is 200 g/mol. The molecular weight excluding hydrogens is 180 g/mol. The van der Waals surface area contributed by atoms with E-state index in [0.29, 0.717) is 6.54 Å². The molecule has 0 aliphatic carbocycles. The maximum atomic E-state index is 11.6. The molecule has 1 aliphatic rings. The fraction of sp³-hybridized carbons (Fsp3) is 0.900. The predicted molar refractivity (Wildman–Crippen MR) is 55.1 cm³/mol. The van der Waals surface area contributed by atoms with Gasteiger partial charge in [0.2, 0.25) is 0 Å². The number of aliphatic hydroxyl groups excluding tert-OH is 1. The molecule has 4 nitrogen and oxygen atoms in total. The summed E-state index contributed by atoms with van der Waals surface area (Å²) < 4.78 is 0. The van der Waals surface area contributed by atoms with E-state index in [1.807, 2.05) is 4.90 Å². The summed E-state index contributed by atoms with van der Waals surface area (Å²) in [5.74, 6) is 0. The third kappa shape index (κ3) is 3.96. The minimum atomic E-state index is -0.467. The molecule has 0 bridgehead atoms. The van der Waals surface area contributed by atoms with E-state index in [2.05, 4.69) is 5.32 Å². The van der Waals surface area contributed by atoms with Gasteiger partial charge in [-0.2, -0.15) is 0 Å². The number of nitrogens with one attached hydrogen (secondary N) is 1. The van der Waals surface area contributed by atoms with Gasteiger partial charge in [0.15, 0.2) is 0 Å². The quantitative estimate of drug-likeness (QED) is 0.697. The lowest BCUT2D eigenvalue weighted by molar-refractivity contribution is 0.172. The van der Waals surface area contributed by atoms with Crippen molar-refractivity contribution in [1.29, 1.82) is 0 Å². The fourth-order valence-corrected chi connectivity index (χ4v) is 1.62. The van der Waals surface area contributed by atoms with Gasteiger partial charge < -0.3 is 15.3 Å². The van der Waals surface area contributed by atoms with Gasteiger partial charge in [-0.05, 0) is 19.8 Å². The van der Waals surface area contributed by atoms with Crippen LogP contribution >= 0.6 is 0 Å². The SMILES string of the molecule is CC(O)CNC(=O)N1CCCCCC1. The summed E-state index contributed by atoms with van der Waals surface area (Å²) in [5.41, 5.74) is 0. The Morgan fingerprint density at radius 2 is 1.93 bits per heavy atom. The number of carbonyl (C=O) groups is 1. The molecule has 1 atom stereocenters. The summed E-state index contributed by atoms with van der Waals surface area (Å²) in [7, 11) is 0. The Morgan fingerprint density at radius 1 is 1.36 bits per heavy atom. The molecule has 1 saturated heterocycles. The Hall–Kier alpha value is -0.770. The van der Waals surface area contributed by atoms with E-state index in [-0.39, 0.29) is 6.03 Å². The fourth-order valence-electron chi connectivity index (χ4n) is 1.62. The standard InChI is InChI=1S/C10H20N2O2/c1-9(13)8-11-10(14)12-6-4-2-3-5-7-12/h9,13H,2-8H2,1H3,(H,11,14). The van der Waals surface area contributed by atoms with Crippen molar-refractivity contribution >= 4 is 6.03 Å². The minimum Gasteiger partial charge on any atom is -0.392 e. The second-order valence-corrected chi connectivity index (χ2v) is 3.94. The van der Waals surface area contributed by atoms with E-state index >= 15 is 0 Å². The molecule has 2 N–H and O–H groups in total. The number of likely N-dealkylation sites (tertiary alicyclic amines) is 1. The first kappa shape index (κ1) is 11.3. The van der Waals surface area contributed by atoms with Gasteiger partial charge in [-0.25, -0.2) is 4.79 Å². The average Bonchev–Trinajstić information content (AvgIpc) is 2.42. The van der Waals surface area contributed by atoms with Crippen LogP contribution in [0.3, 0.4) is 0 Å². The van der Waals surface area contributed by atoms with Gasteiger partial charge in [-0.1, -0.05) is 12.8 Å². The number of amides is 2. The maximum absolute atomic E-state index is 11.6. The van der Waals surface area contributed by atoms with Crippen LogP contribution in [0.1, 0.15) is 32.6 Å². The number of nitrogens with zero attached hydrogens (tertiary/aromatic N) is 1. The summed E-state index contributed by atoms with van der Waals surface area (Å²) in [6.45, 7) is 3.72. The van der Waals surface area contributed by atoms with E-state index < -0.39 is 6.10 Å². The van der Waals surface area contributed by atoms with Crippen molar-refractivity contribution in [3.8, 4) is 0 Å². The molecule has 4 heteroatoms. The Kier molecular flexibility index (Phi) is 4.73. The molecule has 1 fully saturated rings. The second-order valence-electron chi connectivity index (χ2n) is 3.94. The largest absolute Gasteiger partial charge is 0.392 e. The smallest absolute Gasteiger partial charge is 0.317 e. The van der Waals surface area contributed by atoms with Gasteiger partial charge in [-0.3, -0.25) is 0 Å². The van der Waals surface area contributed by atoms with Crippen molar-refractivity contribution in [3.05, 3.63) is 0 Å². The predicted octanol–water partition coefficient (Wildman–Crippen LogP) is 0.953. The number of aliphatic hydroxyl groups is 1. The highest BCUT2D eigenvalue weighted by Crippen LogP contribution is 2.09. The van der Waals surface area contributed by atoms with Crippen LogP contribution in [0.4, 0.5) is 4.79 Å². The lowest BCUT2D eigenvalue weighted by Gasteiger charge is -2.21. The number of hydrogen-bond donors (Lipinski definition) is 2. The van der Waals surface area contributed by atoms with Crippen LogP contribution in [0.15, 0.2) is 0 Å². The van der Waals surface area contributed by atoms with Gasteiger partial charge in [0.25, 0.3) is 0 Å². The highest BCUT2D eigenvalue weighted by atomic mass is 16.3. The number of urea groups is 1. The van der Waals surface area contributed by atoms with Crippen LogP contribution in [0.5, 0.6) is 0 Å². The first-order valence-electron chi connectivity index (χ1n) is 5.41. The topological polar surface area (TPSA) is 52.6 Å². The zero-order valence-corrected chi connectivity index (χ0v) is 8.83. The molecule has 82 valence electrons. The number of hydrogen-bond acceptors (Lipinski definition) is 2. The van der Waals surface area contributed by atoms with Gasteiger partial charge in [0, 0.05) is 19.6 Å². The van der Waals surface area contributed by atoms with Crippen molar-refractivity contribution < 1.29 is 9.90 Å². The van der Waals surface area contributed by atoms with Gasteiger partial charge >= 0.3 is 6.03 Å². The number of carbonyl (C=O) groups excluding carboxylic acids is 1. The molecule has 1 unspecified atom stereocenters. The first-order valence-corrected chi connectivity index (χ1v) is 5.41. The van der Waals surface area contributed by atoms with Crippen LogP contribution in [0, 0.1) is 0 Å². The molecule has 0 aromatic heterocycles. The van der Waals surface area contributed by atoms with Crippen LogP contribution in [0.2, 0.25) is 0 Å². The third-order valence-corrected chi connectivity index (χ3v) is 2.44. The zero-order valence-electron chi connectivity index (χ0n) is 8.83. The Morgan fingerprint density at radius 3 is 2.43 bits per heavy atom. The van der Waals surface area contributed by atoms with E-state index in [0.717, 1.165) is 25.9 Å². The van der Waals surface area contributed by atoms with E-state index in [1.165, 1.54) is 12.8 Å². The van der Waals surface area contributed by atoms with Crippen molar-refractivity contribution in [3.63, 3.8) is 0 Å². The molecule has 1 heterocycles. The van der Waals surface area contributed by atoms with Crippen molar-refractivity contribution in [2.45, 2.75) is 38.7 Å². The lowest BCUT2D eigenvalue weighted by atomic mass is 10.2. The summed E-state index contributed by atoms with van der Waals surface area (Å²) in [6.07, 6.45) is 4.18. The van der Waals surface area contributed by atoms with Crippen molar-refractivity contribution in [1.82, 2.24) is 10.2 Å². The molecule has 0 aromatic carbocycles. The van der Waals surface area contributed by atoms with Gasteiger partial charge in [0.1, 0.15) is 0 Å². The Labute approximate surface area is 85.3 Å². The van der Waals surface area contributed by atoms with E-state index in [9.17, 15) is 4.79 Å².